The molecular formula is C14H33N3O. The fourth-order valence-corrected chi connectivity index (χ4v) is 1.98. The molecular weight excluding hydrogens is 226 g/mol. The van der Waals surface area contributed by atoms with E-state index in [4.69, 9.17) is 0 Å². The standard InChI is InChI=1S/C12H25N3O.C2H6.H2/c1-8(2)10(11(16)9(3)4)14-12-13-6-7-15(12)5;1-2;/h8-10,12-14H,6-7H2,1-5H3;1-2H3;1H/t10-,12?;;/m0../s1. The number of Topliss-reactive ketones (excluding diaryl/α,β-unsaturated/α-hetero) is 1. The lowest BCUT2D eigenvalue weighted by atomic mass is 9.93. The third-order valence-corrected chi connectivity index (χ3v) is 3.12. The molecule has 1 heterocycles. The van der Waals surface area contributed by atoms with Crippen LogP contribution < -0.4 is 10.6 Å². The summed E-state index contributed by atoms with van der Waals surface area (Å²) in [6.45, 7) is 14.1. The lowest BCUT2D eigenvalue weighted by molar-refractivity contribution is -0.125. The topological polar surface area (TPSA) is 44.4 Å². The summed E-state index contributed by atoms with van der Waals surface area (Å²) in [6.07, 6.45) is 0.134. The molecule has 0 amide bonds. The SMILES string of the molecule is CC.CC(C)C(=O)[C@@H](NC1NCCN1C)C(C)C.[HH]. The third kappa shape index (κ3) is 5.04. The Balaban J connectivity index is 0. The highest BCUT2D eigenvalue weighted by Gasteiger charge is 2.29. The van der Waals surface area contributed by atoms with Gasteiger partial charge in [-0.15, -0.1) is 0 Å². The molecule has 1 unspecified atom stereocenters. The minimum atomic E-state index is -0.0574. The van der Waals surface area contributed by atoms with E-state index in [-0.39, 0.29) is 19.7 Å². The lowest BCUT2D eigenvalue weighted by Crippen LogP contribution is -2.55. The van der Waals surface area contributed by atoms with Gasteiger partial charge in [0, 0.05) is 20.4 Å². The second kappa shape index (κ2) is 8.62. The van der Waals surface area contributed by atoms with Gasteiger partial charge in [0.05, 0.1) is 6.04 Å². The van der Waals surface area contributed by atoms with Crippen molar-refractivity contribution in [3.05, 3.63) is 0 Å². The fraction of sp³-hybridized carbons (Fsp3) is 0.929. The largest absolute Gasteiger partial charge is 0.298 e. The van der Waals surface area contributed by atoms with Gasteiger partial charge in [-0.05, 0) is 13.0 Å². The lowest BCUT2D eigenvalue weighted by Gasteiger charge is -2.29. The van der Waals surface area contributed by atoms with E-state index in [1.807, 2.05) is 27.7 Å². The second-order valence-corrected chi connectivity index (χ2v) is 5.28. The van der Waals surface area contributed by atoms with Gasteiger partial charge in [-0.3, -0.25) is 20.3 Å². The number of nitrogens with zero attached hydrogens (tertiary/aromatic N) is 1. The van der Waals surface area contributed by atoms with Crippen molar-refractivity contribution in [2.75, 3.05) is 20.1 Å². The van der Waals surface area contributed by atoms with Gasteiger partial charge in [0.1, 0.15) is 6.29 Å². The third-order valence-electron chi connectivity index (χ3n) is 3.12. The van der Waals surface area contributed by atoms with Crippen molar-refractivity contribution in [3.8, 4) is 0 Å². The summed E-state index contributed by atoms with van der Waals surface area (Å²) in [5.41, 5.74) is 0. The van der Waals surface area contributed by atoms with Crippen LogP contribution in [0.3, 0.4) is 0 Å². The minimum Gasteiger partial charge on any atom is -0.298 e. The number of carbonyl (C=O) groups is 1. The Morgan fingerprint density at radius 1 is 1.33 bits per heavy atom. The van der Waals surface area contributed by atoms with Crippen LogP contribution in [-0.2, 0) is 4.79 Å². The van der Waals surface area contributed by atoms with Crippen molar-refractivity contribution in [1.29, 1.82) is 0 Å². The van der Waals surface area contributed by atoms with E-state index in [0.717, 1.165) is 13.1 Å². The number of hydrogen-bond acceptors (Lipinski definition) is 4. The summed E-state index contributed by atoms with van der Waals surface area (Å²) in [7, 11) is 2.06. The molecule has 0 aromatic carbocycles. The molecule has 0 saturated carbocycles. The van der Waals surface area contributed by atoms with E-state index in [9.17, 15) is 4.79 Å². The van der Waals surface area contributed by atoms with Crippen LogP contribution in [0.15, 0.2) is 0 Å². The van der Waals surface area contributed by atoms with Crippen LogP contribution in [0.5, 0.6) is 0 Å². The Morgan fingerprint density at radius 3 is 2.22 bits per heavy atom. The molecule has 0 radical (unpaired) electrons. The van der Waals surface area contributed by atoms with E-state index < -0.39 is 0 Å². The average Bonchev–Trinajstić information content (AvgIpc) is 2.73. The number of rotatable bonds is 5. The maximum absolute atomic E-state index is 12.1. The van der Waals surface area contributed by atoms with Crippen molar-refractivity contribution in [3.63, 3.8) is 0 Å². The normalized spacial score (nSPS) is 21.9. The minimum absolute atomic E-state index is 0. The van der Waals surface area contributed by atoms with Crippen LogP contribution in [0.4, 0.5) is 0 Å². The van der Waals surface area contributed by atoms with Crippen LogP contribution in [0.1, 0.15) is 43.0 Å². The van der Waals surface area contributed by atoms with Gasteiger partial charge in [-0.25, -0.2) is 0 Å². The monoisotopic (exact) mass is 259 g/mol. The zero-order valence-corrected chi connectivity index (χ0v) is 13.1. The van der Waals surface area contributed by atoms with Crippen LogP contribution in [-0.4, -0.2) is 43.2 Å². The van der Waals surface area contributed by atoms with E-state index in [1.165, 1.54) is 0 Å². The predicted octanol–water partition coefficient (Wildman–Crippen LogP) is 1.92. The first-order chi connectivity index (χ1) is 8.43. The zero-order valence-electron chi connectivity index (χ0n) is 13.1. The summed E-state index contributed by atoms with van der Waals surface area (Å²) in [5, 5.41) is 6.76. The van der Waals surface area contributed by atoms with Crippen LogP contribution >= 0.6 is 0 Å². The molecule has 0 bridgehead atoms. The molecule has 0 aromatic heterocycles. The number of likely N-dealkylation sites (N-methyl/N-ethyl adjacent to an activating group) is 1. The maximum Gasteiger partial charge on any atom is 0.152 e. The molecule has 0 aliphatic carbocycles. The summed E-state index contributed by atoms with van der Waals surface area (Å²) < 4.78 is 0. The van der Waals surface area contributed by atoms with Gasteiger partial charge >= 0.3 is 0 Å². The number of ketones is 1. The molecule has 1 aliphatic rings. The molecule has 110 valence electrons. The molecule has 2 atom stereocenters. The summed E-state index contributed by atoms with van der Waals surface area (Å²) in [4.78, 5) is 14.3. The van der Waals surface area contributed by atoms with Crippen LogP contribution in [0, 0.1) is 11.8 Å². The smallest absolute Gasteiger partial charge is 0.152 e. The molecule has 4 nitrogen and oxygen atoms in total. The molecule has 18 heavy (non-hydrogen) atoms. The molecule has 1 fully saturated rings. The van der Waals surface area contributed by atoms with Crippen molar-refractivity contribution in [2.24, 2.45) is 11.8 Å². The van der Waals surface area contributed by atoms with Crippen LogP contribution in [0.25, 0.3) is 0 Å². The molecule has 1 rings (SSSR count). The fourth-order valence-electron chi connectivity index (χ4n) is 1.98. The van der Waals surface area contributed by atoms with Crippen molar-refractivity contribution < 1.29 is 6.22 Å². The zero-order chi connectivity index (χ0) is 14.3. The van der Waals surface area contributed by atoms with Gasteiger partial charge in [0.15, 0.2) is 5.78 Å². The Kier molecular flexibility index (Phi) is 8.40. The molecule has 2 N–H and O–H groups in total. The van der Waals surface area contributed by atoms with Crippen molar-refractivity contribution in [1.82, 2.24) is 15.5 Å². The van der Waals surface area contributed by atoms with E-state index >= 15 is 0 Å². The predicted molar refractivity (Wildman–Crippen MR) is 79.5 cm³/mol. The van der Waals surface area contributed by atoms with E-state index in [0.29, 0.717) is 11.7 Å². The van der Waals surface area contributed by atoms with E-state index in [1.54, 1.807) is 0 Å². The van der Waals surface area contributed by atoms with Crippen LogP contribution in [0.2, 0.25) is 0 Å². The Hall–Kier alpha value is -0.450. The number of nitrogens with one attached hydrogen (secondary N) is 2. The van der Waals surface area contributed by atoms with Gasteiger partial charge < -0.3 is 0 Å². The molecule has 0 spiro atoms. The quantitative estimate of drug-likeness (QED) is 0.792. The Morgan fingerprint density at radius 2 is 1.89 bits per heavy atom. The first kappa shape index (κ1) is 17.6. The Bertz CT molecular complexity index is 247. The van der Waals surface area contributed by atoms with Gasteiger partial charge in [-0.1, -0.05) is 41.5 Å². The van der Waals surface area contributed by atoms with Gasteiger partial charge in [0.2, 0.25) is 0 Å². The highest BCUT2D eigenvalue weighted by Crippen LogP contribution is 2.11. The second-order valence-electron chi connectivity index (χ2n) is 5.28. The molecule has 1 saturated heterocycles. The molecule has 0 aromatic rings. The van der Waals surface area contributed by atoms with Gasteiger partial charge in [-0.2, -0.15) is 0 Å². The Labute approximate surface area is 114 Å². The first-order valence-electron chi connectivity index (χ1n) is 7.17. The average molecular weight is 259 g/mol. The summed E-state index contributed by atoms with van der Waals surface area (Å²) >= 11 is 0. The number of hydrogen-bond donors (Lipinski definition) is 2. The summed E-state index contributed by atoms with van der Waals surface area (Å²) in [5.74, 6) is 0.717. The van der Waals surface area contributed by atoms with E-state index in [2.05, 4.69) is 36.4 Å². The molecule has 4 heteroatoms. The number of carbonyl (C=O) groups excluding carboxylic acids is 1. The first-order valence-corrected chi connectivity index (χ1v) is 7.17. The molecule has 1 aliphatic heterocycles. The maximum atomic E-state index is 12.1. The highest BCUT2D eigenvalue weighted by atomic mass is 16.1. The van der Waals surface area contributed by atoms with Crippen molar-refractivity contribution >= 4 is 5.78 Å². The highest BCUT2D eigenvalue weighted by molar-refractivity contribution is 5.85. The van der Waals surface area contributed by atoms with Crippen molar-refractivity contribution in [2.45, 2.75) is 53.9 Å². The summed E-state index contributed by atoms with van der Waals surface area (Å²) in [6, 6.07) is -0.0574. The van der Waals surface area contributed by atoms with Gasteiger partial charge in [0.25, 0.3) is 0 Å².